The summed E-state index contributed by atoms with van der Waals surface area (Å²) in [7, 11) is 1.77. The van der Waals surface area contributed by atoms with E-state index in [0.29, 0.717) is 17.2 Å². The normalized spacial score (nSPS) is 15.5. The molecule has 30 heavy (non-hydrogen) atoms. The van der Waals surface area contributed by atoms with Crippen LogP contribution >= 0.6 is 11.6 Å². The predicted octanol–water partition coefficient (Wildman–Crippen LogP) is 5.50. The highest BCUT2D eigenvalue weighted by molar-refractivity contribution is 6.32. The number of rotatable bonds is 3. The van der Waals surface area contributed by atoms with Crippen LogP contribution in [-0.4, -0.2) is 29.8 Å². The number of nitrogens with zero attached hydrogens (tertiary/aromatic N) is 2. The Morgan fingerprint density at radius 3 is 2.33 bits per heavy atom. The maximum Gasteiger partial charge on any atom is 0.251 e. The molecule has 1 aliphatic heterocycles. The molecule has 0 fully saturated rings. The van der Waals surface area contributed by atoms with Crippen molar-refractivity contribution in [3.8, 4) is 5.75 Å². The monoisotopic (exact) mass is 420 g/mol. The SMILES string of the molecule is CC.CN1C(=O)C(Cc2ccccc2)N=C(c2ccc(O)cc2)c2cc(Cl)ccc21. The van der Waals surface area contributed by atoms with Gasteiger partial charge in [0.15, 0.2) is 0 Å². The summed E-state index contributed by atoms with van der Waals surface area (Å²) in [6, 6.07) is 21.6. The van der Waals surface area contributed by atoms with Gasteiger partial charge in [-0.3, -0.25) is 9.79 Å². The molecule has 1 unspecified atom stereocenters. The number of aromatic hydroxyl groups is 1. The van der Waals surface area contributed by atoms with Gasteiger partial charge in [-0.2, -0.15) is 0 Å². The van der Waals surface area contributed by atoms with Crippen LogP contribution in [0.25, 0.3) is 0 Å². The van der Waals surface area contributed by atoms with Crippen molar-refractivity contribution < 1.29 is 9.90 Å². The number of carbonyl (C=O) groups excluding carboxylic acids is 1. The topological polar surface area (TPSA) is 52.9 Å². The summed E-state index contributed by atoms with van der Waals surface area (Å²) in [5, 5.41) is 10.2. The largest absolute Gasteiger partial charge is 0.508 e. The molecule has 1 N–H and O–H groups in total. The van der Waals surface area contributed by atoms with Crippen molar-refractivity contribution in [3.05, 3.63) is 94.5 Å². The molecule has 0 aliphatic carbocycles. The maximum atomic E-state index is 13.2. The highest BCUT2D eigenvalue weighted by atomic mass is 35.5. The van der Waals surface area contributed by atoms with Gasteiger partial charge in [0, 0.05) is 29.6 Å². The van der Waals surface area contributed by atoms with E-state index in [9.17, 15) is 9.90 Å². The molecule has 1 atom stereocenters. The third-order valence-electron chi connectivity index (χ3n) is 4.89. The van der Waals surface area contributed by atoms with Crippen LogP contribution in [0.1, 0.15) is 30.5 Å². The number of halogens is 1. The molecular formula is C25H25ClN2O2. The molecule has 0 saturated heterocycles. The van der Waals surface area contributed by atoms with Crippen molar-refractivity contribution in [2.75, 3.05) is 11.9 Å². The van der Waals surface area contributed by atoms with E-state index in [4.69, 9.17) is 16.6 Å². The molecule has 1 aliphatic rings. The van der Waals surface area contributed by atoms with Gasteiger partial charge in [-0.15, -0.1) is 0 Å². The maximum absolute atomic E-state index is 13.2. The predicted molar refractivity (Wildman–Crippen MR) is 124 cm³/mol. The Morgan fingerprint density at radius 2 is 1.67 bits per heavy atom. The molecule has 0 aromatic heterocycles. The standard InChI is InChI=1S/C23H19ClN2O2.C2H6/c1-26-21-12-9-17(24)14-19(21)22(16-7-10-18(27)11-8-16)25-20(23(26)28)13-15-5-3-2-4-6-15;1-2/h2-12,14,20,27H,13H2,1H3;1-2H3. The van der Waals surface area contributed by atoms with E-state index in [-0.39, 0.29) is 11.7 Å². The molecule has 0 bridgehead atoms. The zero-order chi connectivity index (χ0) is 21.7. The van der Waals surface area contributed by atoms with Crippen molar-refractivity contribution in [3.63, 3.8) is 0 Å². The minimum Gasteiger partial charge on any atom is -0.508 e. The minimum atomic E-state index is -0.553. The van der Waals surface area contributed by atoms with E-state index in [1.165, 1.54) is 0 Å². The number of amides is 1. The lowest BCUT2D eigenvalue weighted by Gasteiger charge is -2.20. The molecule has 3 aromatic carbocycles. The summed E-state index contributed by atoms with van der Waals surface area (Å²) in [6.07, 6.45) is 0.507. The Morgan fingerprint density at radius 1 is 1.00 bits per heavy atom. The lowest BCUT2D eigenvalue weighted by atomic mass is 10.00. The molecule has 0 spiro atoms. The number of hydrogen-bond acceptors (Lipinski definition) is 3. The highest BCUT2D eigenvalue weighted by Gasteiger charge is 2.30. The number of carbonyl (C=O) groups is 1. The van der Waals surface area contributed by atoms with E-state index in [0.717, 1.165) is 22.4 Å². The quantitative estimate of drug-likeness (QED) is 0.608. The summed E-state index contributed by atoms with van der Waals surface area (Å²) in [5.74, 6) is 0.111. The average molecular weight is 421 g/mol. The van der Waals surface area contributed by atoms with Crippen LogP contribution in [0.3, 0.4) is 0 Å². The highest BCUT2D eigenvalue weighted by Crippen LogP contribution is 2.31. The Balaban J connectivity index is 0.00000124. The Labute approximate surface area is 182 Å². The zero-order valence-electron chi connectivity index (χ0n) is 17.3. The van der Waals surface area contributed by atoms with Crippen LogP contribution in [0.4, 0.5) is 5.69 Å². The fourth-order valence-electron chi connectivity index (χ4n) is 3.43. The van der Waals surface area contributed by atoms with Crippen LogP contribution in [0.2, 0.25) is 5.02 Å². The molecule has 1 heterocycles. The van der Waals surface area contributed by atoms with Crippen LogP contribution in [0, 0.1) is 0 Å². The first-order chi connectivity index (χ1) is 14.5. The first-order valence-corrected chi connectivity index (χ1v) is 10.4. The number of aliphatic imine (C=N–C) groups is 1. The molecule has 3 aromatic rings. The van der Waals surface area contributed by atoms with Gasteiger partial charge >= 0.3 is 0 Å². The second-order valence-corrected chi connectivity index (χ2v) is 7.23. The number of fused-ring (bicyclic) bond motifs is 1. The second kappa shape index (κ2) is 9.59. The molecule has 0 saturated carbocycles. The average Bonchev–Trinajstić information content (AvgIpc) is 2.87. The van der Waals surface area contributed by atoms with Gasteiger partial charge in [-0.05, 0) is 48.0 Å². The first-order valence-electron chi connectivity index (χ1n) is 10.0. The molecule has 154 valence electrons. The number of benzene rings is 3. The van der Waals surface area contributed by atoms with Crippen molar-refractivity contribution in [2.24, 2.45) is 4.99 Å². The summed E-state index contributed by atoms with van der Waals surface area (Å²) >= 11 is 6.26. The van der Waals surface area contributed by atoms with Gasteiger partial charge in [0.25, 0.3) is 5.91 Å². The number of likely N-dealkylation sites (N-methyl/N-ethyl adjacent to an activating group) is 1. The first kappa shape index (κ1) is 21.6. The van der Waals surface area contributed by atoms with Gasteiger partial charge in [0.2, 0.25) is 0 Å². The Hall–Kier alpha value is -3.11. The van der Waals surface area contributed by atoms with E-state index in [1.54, 1.807) is 42.3 Å². The third-order valence-corrected chi connectivity index (χ3v) is 5.12. The molecule has 0 radical (unpaired) electrons. The smallest absolute Gasteiger partial charge is 0.251 e. The van der Waals surface area contributed by atoms with Crippen LogP contribution < -0.4 is 4.90 Å². The van der Waals surface area contributed by atoms with Crippen molar-refractivity contribution >= 4 is 28.9 Å². The van der Waals surface area contributed by atoms with Crippen LogP contribution in [0.5, 0.6) is 5.75 Å². The molecular weight excluding hydrogens is 396 g/mol. The third kappa shape index (κ3) is 4.55. The van der Waals surface area contributed by atoms with Crippen molar-refractivity contribution in [2.45, 2.75) is 26.3 Å². The molecule has 4 rings (SSSR count). The van der Waals surface area contributed by atoms with E-state index in [2.05, 4.69) is 0 Å². The number of phenols is 1. The van der Waals surface area contributed by atoms with E-state index in [1.807, 2.05) is 56.3 Å². The van der Waals surface area contributed by atoms with Crippen LogP contribution in [0.15, 0.2) is 77.8 Å². The molecule has 1 amide bonds. The number of anilines is 1. The van der Waals surface area contributed by atoms with Gasteiger partial charge in [0.1, 0.15) is 11.8 Å². The number of benzodiazepines with no additional fused rings is 1. The minimum absolute atomic E-state index is 0.0683. The second-order valence-electron chi connectivity index (χ2n) is 6.79. The Bertz CT molecular complexity index is 1050. The fraction of sp³-hybridized carbons (Fsp3) is 0.200. The lowest BCUT2D eigenvalue weighted by Crippen LogP contribution is -2.36. The number of phenolic OH excluding ortho intramolecular Hbond substituents is 1. The zero-order valence-corrected chi connectivity index (χ0v) is 18.1. The van der Waals surface area contributed by atoms with Crippen molar-refractivity contribution in [1.82, 2.24) is 0 Å². The summed E-state index contributed by atoms with van der Waals surface area (Å²) in [5.41, 5.74) is 4.12. The van der Waals surface area contributed by atoms with Crippen LogP contribution in [-0.2, 0) is 11.2 Å². The molecule has 4 nitrogen and oxygen atoms in total. The summed E-state index contributed by atoms with van der Waals surface area (Å²) in [4.78, 5) is 19.7. The Kier molecular flexibility index (Phi) is 6.91. The van der Waals surface area contributed by atoms with Gasteiger partial charge in [-0.25, -0.2) is 0 Å². The fourth-order valence-corrected chi connectivity index (χ4v) is 3.61. The summed E-state index contributed by atoms with van der Waals surface area (Å²) in [6.45, 7) is 4.00. The van der Waals surface area contributed by atoms with Gasteiger partial charge in [-0.1, -0.05) is 55.8 Å². The van der Waals surface area contributed by atoms with E-state index >= 15 is 0 Å². The molecule has 5 heteroatoms. The van der Waals surface area contributed by atoms with E-state index < -0.39 is 6.04 Å². The number of hydrogen-bond donors (Lipinski definition) is 1. The van der Waals surface area contributed by atoms with Crippen molar-refractivity contribution in [1.29, 1.82) is 0 Å². The summed E-state index contributed by atoms with van der Waals surface area (Å²) < 4.78 is 0. The lowest BCUT2D eigenvalue weighted by molar-refractivity contribution is -0.119. The van der Waals surface area contributed by atoms with Gasteiger partial charge in [0.05, 0.1) is 11.4 Å². The van der Waals surface area contributed by atoms with Gasteiger partial charge < -0.3 is 10.0 Å².